The topological polar surface area (TPSA) is 26.3 Å². The van der Waals surface area contributed by atoms with Gasteiger partial charge in [0, 0.05) is 5.92 Å². The number of carbonyl (C=O) groups is 1. The van der Waals surface area contributed by atoms with E-state index >= 15 is 0 Å². The van der Waals surface area contributed by atoms with Crippen molar-refractivity contribution >= 4 is 5.78 Å². The molecule has 1 aromatic carbocycles. The molecule has 0 amide bonds. The summed E-state index contributed by atoms with van der Waals surface area (Å²) in [6.07, 6.45) is 1.79. The third kappa shape index (κ3) is 3.88. The Bertz CT molecular complexity index is 379. The van der Waals surface area contributed by atoms with Crippen LogP contribution in [0.3, 0.4) is 0 Å². The lowest BCUT2D eigenvalue weighted by atomic mass is 9.99. The van der Waals surface area contributed by atoms with E-state index in [1.54, 1.807) is 0 Å². The number of hydrogen-bond donors (Lipinski definition) is 0. The second-order valence-electron chi connectivity index (χ2n) is 4.54. The van der Waals surface area contributed by atoms with E-state index in [0.29, 0.717) is 0 Å². The van der Waals surface area contributed by atoms with Crippen LogP contribution in [0.5, 0.6) is 5.75 Å². The first-order chi connectivity index (χ1) is 8.08. The van der Waals surface area contributed by atoms with Gasteiger partial charge in [-0.25, -0.2) is 0 Å². The summed E-state index contributed by atoms with van der Waals surface area (Å²) in [4.78, 5) is 11.8. The van der Waals surface area contributed by atoms with E-state index < -0.39 is 0 Å². The molecular formula is C15H22O2. The quantitative estimate of drug-likeness (QED) is 0.750. The zero-order valence-corrected chi connectivity index (χ0v) is 11.2. The summed E-state index contributed by atoms with van der Waals surface area (Å²) in [5, 5.41) is 0. The third-order valence-corrected chi connectivity index (χ3v) is 3.14. The molecule has 0 saturated carbocycles. The van der Waals surface area contributed by atoms with Gasteiger partial charge in [0.15, 0.2) is 5.78 Å². The molecule has 0 atom stereocenters. The first-order valence-electron chi connectivity index (χ1n) is 6.31. The average Bonchev–Trinajstić information content (AvgIpc) is 2.29. The van der Waals surface area contributed by atoms with Gasteiger partial charge in [-0.05, 0) is 38.3 Å². The van der Waals surface area contributed by atoms with Crippen LogP contribution in [0, 0.1) is 19.8 Å². The fourth-order valence-electron chi connectivity index (χ4n) is 1.97. The van der Waals surface area contributed by atoms with Gasteiger partial charge in [-0.2, -0.15) is 0 Å². The Morgan fingerprint density at radius 3 is 2.41 bits per heavy atom. The van der Waals surface area contributed by atoms with Crippen LogP contribution >= 0.6 is 0 Å². The van der Waals surface area contributed by atoms with Crippen molar-refractivity contribution in [2.45, 2.75) is 40.5 Å². The van der Waals surface area contributed by atoms with Gasteiger partial charge in [0.25, 0.3) is 0 Å². The molecule has 0 bridgehead atoms. The number of ether oxygens (including phenoxy) is 1. The number of rotatable bonds is 6. The molecule has 1 aromatic rings. The molecule has 0 aliphatic heterocycles. The van der Waals surface area contributed by atoms with Crippen molar-refractivity contribution in [3.05, 3.63) is 29.3 Å². The van der Waals surface area contributed by atoms with Crippen molar-refractivity contribution in [3.63, 3.8) is 0 Å². The molecule has 2 heteroatoms. The number of hydrogen-bond acceptors (Lipinski definition) is 2. The van der Waals surface area contributed by atoms with Crippen LogP contribution in [-0.2, 0) is 4.79 Å². The molecule has 0 radical (unpaired) electrons. The van der Waals surface area contributed by atoms with E-state index in [0.717, 1.165) is 24.2 Å². The number of benzene rings is 1. The average molecular weight is 234 g/mol. The van der Waals surface area contributed by atoms with Gasteiger partial charge >= 0.3 is 0 Å². The normalized spacial score (nSPS) is 10.6. The van der Waals surface area contributed by atoms with E-state index in [2.05, 4.69) is 6.07 Å². The van der Waals surface area contributed by atoms with Crippen LogP contribution in [0.25, 0.3) is 0 Å². The fraction of sp³-hybridized carbons (Fsp3) is 0.533. The lowest BCUT2D eigenvalue weighted by Crippen LogP contribution is -2.20. The Hall–Kier alpha value is -1.31. The second kappa shape index (κ2) is 6.43. The zero-order valence-electron chi connectivity index (χ0n) is 11.2. The van der Waals surface area contributed by atoms with E-state index in [1.807, 2.05) is 39.8 Å². The largest absolute Gasteiger partial charge is 0.486 e. The Labute approximate surface area is 104 Å². The number of carbonyl (C=O) groups excluding carboxylic acids is 1. The van der Waals surface area contributed by atoms with Crippen molar-refractivity contribution in [2.75, 3.05) is 6.61 Å². The molecule has 0 saturated heterocycles. The first kappa shape index (κ1) is 13.8. The summed E-state index contributed by atoms with van der Waals surface area (Å²) in [5.41, 5.74) is 2.29. The molecule has 2 nitrogen and oxygen atoms in total. The highest BCUT2D eigenvalue weighted by Gasteiger charge is 2.14. The molecule has 17 heavy (non-hydrogen) atoms. The smallest absolute Gasteiger partial charge is 0.173 e. The van der Waals surface area contributed by atoms with Crippen molar-refractivity contribution in [2.24, 2.45) is 5.92 Å². The minimum Gasteiger partial charge on any atom is -0.486 e. The van der Waals surface area contributed by atoms with Crippen molar-refractivity contribution < 1.29 is 9.53 Å². The Balaban J connectivity index is 2.58. The summed E-state index contributed by atoms with van der Waals surface area (Å²) in [7, 11) is 0. The maximum atomic E-state index is 11.8. The van der Waals surface area contributed by atoms with Crippen LogP contribution in [-0.4, -0.2) is 12.4 Å². The second-order valence-corrected chi connectivity index (χ2v) is 4.54. The van der Waals surface area contributed by atoms with Crippen molar-refractivity contribution in [1.82, 2.24) is 0 Å². The highest BCUT2D eigenvalue weighted by molar-refractivity contribution is 5.82. The molecule has 0 N–H and O–H groups in total. The van der Waals surface area contributed by atoms with Gasteiger partial charge in [0.1, 0.15) is 12.4 Å². The first-order valence-corrected chi connectivity index (χ1v) is 6.31. The van der Waals surface area contributed by atoms with E-state index in [4.69, 9.17) is 4.74 Å². The van der Waals surface area contributed by atoms with Crippen LogP contribution < -0.4 is 4.74 Å². The van der Waals surface area contributed by atoms with Gasteiger partial charge in [0.2, 0.25) is 0 Å². The lowest BCUT2D eigenvalue weighted by molar-refractivity contribution is -0.125. The van der Waals surface area contributed by atoms with Gasteiger partial charge < -0.3 is 4.74 Å². The molecular weight excluding hydrogens is 212 g/mol. The highest BCUT2D eigenvalue weighted by Crippen LogP contribution is 2.19. The minimum absolute atomic E-state index is 0.140. The van der Waals surface area contributed by atoms with Crippen LogP contribution in [0.1, 0.15) is 37.8 Å². The molecule has 0 aromatic heterocycles. The summed E-state index contributed by atoms with van der Waals surface area (Å²) in [6, 6.07) is 6.01. The maximum Gasteiger partial charge on any atom is 0.173 e. The van der Waals surface area contributed by atoms with E-state index in [-0.39, 0.29) is 18.3 Å². The Kier molecular flexibility index (Phi) is 5.20. The molecule has 0 spiro atoms. The highest BCUT2D eigenvalue weighted by atomic mass is 16.5. The fourth-order valence-corrected chi connectivity index (χ4v) is 1.97. The SMILES string of the molecule is CCC(CC)C(=O)COc1ccc(C)cc1C. The summed E-state index contributed by atoms with van der Waals surface area (Å²) in [5.74, 6) is 1.16. The number of ketones is 1. The zero-order chi connectivity index (χ0) is 12.8. The predicted molar refractivity (Wildman–Crippen MR) is 70.5 cm³/mol. The molecule has 0 fully saturated rings. The standard InChI is InChI=1S/C15H22O2/c1-5-13(6-2)14(16)10-17-15-8-7-11(3)9-12(15)4/h7-9,13H,5-6,10H2,1-4H3. The minimum atomic E-state index is 0.140. The molecule has 94 valence electrons. The lowest BCUT2D eigenvalue weighted by Gasteiger charge is -2.13. The number of aryl methyl sites for hydroxylation is 2. The van der Waals surface area contributed by atoms with Crippen LogP contribution in [0.15, 0.2) is 18.2 Å². The molecule has 0 unspecified atom stereocenters. The summed E-state index contributed by atoms with van der Waals surface area (Å²) >= 11 is 0. The third-order valence-electron chi connectivity index (χ3n) is 3.14. The van der Waals surface area contributed by atoms with Crippen LogP contribution in [0.4, 0.5) is 0 Å². The maximum absolute atomic E-state index is 11.8. The van der Waals surface area contributed by atoms with Gasteiger partial charge in [-0.3, -0.25) is 4.79 Å². The molecule has 0 aliphatic rings. The number of Topliss-reactive ketones (excluding diaryl/α,β-unsaturated/α-hetero) is 1. The summed E-state index contributed by atoms with van der Waals surface area (Å²) in [6.45, 7) is 8.33. The molecule has 1 rings (SSSR count). The summed E-state index contributed by atoms with van der Waals surface area (Å²) < 4.78 is 5.59. The van der Waals surface area contributed by atoms with Crippen molar-refractivity contribution in [3.8, 4) is 5.75 Å². The van der Waals surface area contributed by atoms with E-state index in [1.165, 1.54) is 5.56 Å². The van der Waals surface area contributed by atoms with Crippen LogP contribution in [0.2, 0.25) is 0 Å². The predicted octanol–water partition coefficient (Wildman–Crippen LogP) is 3.69. The van der Waals surface area contributed by atoms with Gasteiger partial charge in [-0.1, -0.05) is 31.5 Å². The van der Waals surface area contributed by atoms with Gasteiger partial charge in [-0.15, -0.1) is 0 Å². The molecule has 0 heterocycles. The van der Waals surface area contributed by atoms with E-state index in [9.17, 15) is 4.79 Å². The Morgan fingerprint density at radius 2 is 1.88 bits per heavy atom. The van der Waals surface area contributed by atoms with Gasteiger partial charge in [0.05, 0.1) is 0 Å². The monoisotopic (exact) mass is 234 g/mol. The van der Waals surface area contributed by atoms with Crippen molar-refractivity contribution in [1.29, 1.82) is 0 Å². The Morgan fingerprint density at radius 1 is 1.24 bits per heavy atom. The molecule has 0 aliphatic carbocycles.